The lowest BCUT2D eigenvalue weighted by atomic mass is 10.1. The summed E-state index contributed by atoms with van der Waals surface area (Å²) in [5, 5.41) is 3.84. The predicted molar refractivity (Wildman–Crippen MR) is 63.4 cm³/mol. The van der Waals surface area contributed by atoms with Crippen molar-refractivity contribution in [1.29, 1.82) is 0 Å². The number of nitrogens with two attached hydrogens (primary N) is 1. The summed E-state index contributed by atoms with van der Waals surface area (Å²) in [6.45, 7) is 3.44. The summed E-state index contributed by atoms with van der Waals surface area (Å²) in [7, 11) is 0. The number of primary amides is 1. The number of hydrogen-bond donors (Lipinski definition) is 2. The summed E-state index contributed by atoms with van der Waals surface area (Å²) in [6, 6.07) is 5.89. The fourth-order valence-electron chi connectivity index (χ4n) is 1.24. The Labute approximate surface area is 99.7 Å². The quantitative estimate of drug-likeness (QED) is 0.775. The van der Waals surface area contributed by atoms with Crippen molar-refractivity contribution < 1.29 is 9.53 Å². The monoisotopic (exact) mass is 242 g/mol. The lowest BCUT2D eigenvalue weighted by molar-refractivity contribution is 0.157. The van der Waals surface area contributed by atoms with E-state index in [2.05, 4.69) is 10.1 Å². The van der Waals surface area contributed by atoms with Gasteiger partial charge in [0, 0.05) is 18.1 Å². The minimum atomic E-state index is -0.754. The Morgan fingerprint density at radius 1 is 1.56 bits per heavy atom. The minimum Gasteiger partial charge on any atom is -0.448 e. The molecular weight excluding hydrogens is 228 g/mol. The van der Waals surface area contributed by atoms with Crippen LogP contribution in [0.1, 0.15) is 11.1 Å². The molecule has 1 aromatic rings. The Balaban J connectivity index is 2.29. The number of halogens is 1. The molecule has 1 aromatic carbocycles. The second kappa shape index (κ2) is 6.35. The van der Waals surface area contributed by atoms with Crippen molar-refractivity contribution in [2.75, 3.05) is 13.2 Å². The molecule has 16 heavy (non-hydrogen) atoms. The highest BCUT2D eigenvalue weighted by Crippen LogP contribution is 2.16. The van der Waals surface area contributed by atoms with E-state index in [1.54, 1.807) is 0 Å². The van der Waals surface area contributed by atoms with Gasteiger partial charge in [-0.25, -0.2) is 4.79 Å². The summed E-state index contributed by atoms with van der Waals surface area (Å²) in [6.07, 6.45) is -0.754. The first-order valence-corrected chi connectivity index (χ1v) is 5.35. The van der Waals surface area contributed by atoms with Crippen LogP contribution >= 0.6 is 11.6 Å². The minimum absolute atomic E-state index is 0.263. The molecule has 0 aliphatic carbocycles. The van der Waals surface area contributed by atoms with Crippen LogP contribution in [0.3, 0.4) is 0 Å². The van der Waals surface area contributed by atoms with Gasteiger partial charge in [-0.15, -0.1) is 0 Å². The highest BCUT2D eigenvalue weighted by atomic mass is 35.5. The van der Waals surface area contributed by atoms with Crippen LogP contribution < -0.4 is 11.1 Å². The lowest BCUT2D eigenvalue weighted by Gasteiger charge is -2.07. The van der Waals surface area contributed by atoms with Gasteiger partial charge in [0.05, 0.1) is 0 Å². The molecule has 0 aliphatic rings. The van der Waals surface area contributed by atoms with E-state index in [-0.39, 0.29) is 6.61 Å². The van der Waals surface area contributed by atoms with Gasteiger partial charge < -0.3 is 15.8 Å². The second-order valence-corrected chi connectivity index (χ2v) is 3.85. The molecule has 0 atom stereocenters. The number of nitrogens with one attached hydrogen (secondary N) is 1. The Morgan fingerprint density at radius 3 is 2.94 bits per heavy atom. The Morgan fingerprint density at radius 2 is 2.31 bits per heavy atom. The largest absolute Gasteiger partial charge is 0.448 e. The molecular formula is C11H15ClN2O2. The van der Waals surface area contributed by atoms with E-state index in [0.717, 1.165) is 16.1 Å². The van der Waals surface area contributed by atoms with E-state index in [9.17, 15) is 4.79 Å². The van der Waals surface area contributed by atoms with Gasteiger partial charge in [-0.2, -0.15) is 0 Å². The molecule has 1 rings (SSSR count). The third-order valence-electron chi connectivity index (χ3n) is 2.05. The second-order valence-electron chi connectivity index (χ2n) is 3.44. The fraction of sp³-hybridized carbons (Fsp3) is 0.364. The van der Waals surface area contributed by atoms with Gasteiger partial charge in [-0.3, -0.25) is 0 Å². The van der Waals surface area contributed by atoms with E-state index >= 15 is 0 Å². The maximum absolute atomic E-state index is 10.3. The molecule has 1 amide bonds. The average Bonchev–Trinajstić information content (AvgIpc) is 2.20. The van der Waals surface area contributed by atoms with Crippen molar-refractivity contribution in [3.05, 3.63) is 34.3 Å². The first-order chi connectivity index (χ1) is 7.59. The predicted octanol–water partition coefficient (Wildman–Crippen LogP) is 1.83. The summed E-state index contributed by atoms with van der Waals surface area (Å²) in [4.78, 5) is 10.3. The molecule has 4 nitrogen and oxygen atoms in total. The summed E-state index contributed by atoms with van der Waals surface area (Å²) >= 11 is 6.05. The Kier molecular flexibility index (Phi) is 5.08. The molecule has 3 N–H and O–H groups in total. The van der Waals surface area contributed by atoms with Crippen LogP contribution in [0.4, 0.5) is 4.79 Å². The number of carbonyl (C=O) groups is 1. The molecule has 0 aromatic heterocycles. The molecule has 0 unspecified atom stereocenters. The third kappa shape index (κ3) is 4.51. The Hall–Kier alpha value is -1.26. The molecule has 0 saturated carbocycles. The SMILES string of the molecule is Cc1ccc(CNCCOC(N)=O)c(Cl)c1. The summed E-state index contributed by atoms with van der Waals surface area (Å²) < 4.78 is 4.57. The molecule has 0 bridgehead atoms. The van der Waals surface area contributed by atoms with Gasteiger partial charge in [0.25, 0.3) is 0 Å². The van der Waals surface area contributed by atoms with E-state index in [1.165, 1.54) is 0 Å². The van der Waals surface area contributed by atoms with E-state index in [1.807, 2.05) is 25.1 Å². The van der Waals surface area contributed by atoms with Crippen molar-refractivity contribution in [2.45, 2.75) is 13.5 Å². The van der Waals surface area contributed by atoms with Crippen molar-refractivity contribution in [3.8, 4) is 0 Å². The lowest BCUT2D eigenvalue weighted by Crippen LogP contribution is -2.23. The smallest absolute Gasteiger partial charge is 0.404 e. The zero-order chi connectivity index (χ0) is 12.0. The standard InChI is InChI=1S/C11H15ClN2O2/c1-8-2-3-9(10(12)6-8)7-14-4-5-16-11(13)15/h2-3,6,14H,4-5,7H2,1H3,(H2,13,15). The number of benzene rings is 1. The topological polar surface area (TPSA) is 64.3 Å². The van der Waals surface area contributed by atoms with E-state index < -0.39 is 6.09 Å². The summed E-state index contributed by atoms with van der Waals surface area (Å²) in [5.41, 5.74) is 6.97. The van der Waals surface area contributed by atoms with Gasteiger partial charge >= 0.3 is 6.09 Å². The third-order valence-corrected chi connectivity index (χ3v) is 2.40. The van der Waals surface area contributed by atoms with Crippen molar-refractivity contribution in [3.63, 3.8) is 0 Å². The molecule has 0 radical (unpaired) electrons. The number of aryl methyl sites for hydroxylation is 1. The zero-order valence-corrected chi connectivity index (χ0v) is 9.88. The number of ether oxygens (including phenoxy) is 1. The molecule has 0 heterocycles. The highest BCUT2D eigenvalue weighted by molar-refractivity contribution is 6.31. The molecule has 0 saturated heterocycles. The normalized spacial score (nSPS) is 10.1. The van der Waals surface area contributed by atoms with E-state index in [0.29, 0.717) is 13.1 Å². The first-order valence-electron chi connectivity index (χ1n) is 4.97. The van der Waals surface area contributed by atoms with Crippen LogP contribution in [0, 0.1) is 6.92 Å². The molecule has 0 fully saturated rings. The van der Waals surface area contributed by atoms with Crippen molar-refractivity contribution in [2.24, 2.45) is 5.73 Å². The van der Waals surface area contributed by atoms with Gasteiger partial charge in [0.1, 0.15) is 6.61 Å². The maximum Gasteiger partial charge on any atom is 0.404 e. The van der Waals surface area contributed by atoms with Crippen molar-refractivity contribution in [1.82, 2.24) is 5.32 Å². The number of carbonyl (C=O) groups excluding carboxylic acids is 1. The summed E-state index contributed by atoms with van der Waals surface area (Å²) in [5.74, 6) is 0. The number of amides is 1. The molecule has 0 aliphatic heterocycles. The van der Waals surface area contributed by atoms with Crippen LogP contribution in [-0.2, 0) is 11.3 Å². The zero-order valence-electron chi connectivity index (χ0n) is 9.13. The molecule has 88 valence electrons. The number of rotatable bonds is 5. The van der Waals surface area contributed by atoms with Gasteiger partial charge in [-0.05, 0) is 24.1 Å². The fourth-order valence-corrected chi connectivity index (χ4v) is 1.54. The van der Waals surface area contributed by atoms with Gasteiger partial charge in [0.2, 0.25) is 0 Å². The average molecular weight is 243 g/mol. The van der Waals surface area contributed by atoms with Crippen LogP contribution in [0.5, 0.6) is 0 Å². The van der Waals surface area contributed by atoms with Gasteiger partial charge in [-0.1, -0.05) is 23.7 Å². The van der Waals surface area contributed by atoms with Gasteiger partial charge in [0.15, 0.2) is 0 Å². The maximum atomic E-state index is 10.3. The van der Waals surface area contributed by atoms with Crippen LogP contribution in [-0.4, -0.2) is 19.2 Å². The van der Waals surface area contributed by atoms with E-state index in [4.69, 9.17) is 17.3 Å². The molecule has 5 heteroatoms. The molecule has 0 spiro atoms. The Bertz CT molecular complexity index is 369. The first kappa shape index (κ1) is 12.8. The highest BCUT2D eigenvalue weighted by Gasteiger charge is 2.00. The van der Waals surface area contributed by atoms with Crippen LogP contribution in [0.15, 0.2) is 18.2 Å². The number of hydrogen-bond acceptors (Lipinski definition) is 3. The van der Waals surface area contributed by atoms with Crippen LogP contribution in [0.2, 0.25) is 5.02 Å². The van der Waals surface area contributed by atoms with Crippen LogP contribution in [0.25, 0.3) is 0 Å². The van der Waals surface area contributed by atoms with Crippen molar-refractivity contribution >= 4 is 17.7 Å².